The number of amides is 3. The van der Waals surface area contributed by atoms with E-state index in [1.165, 1.54) is 6.07 Å². The predicted octanol–water partition coefficient (Wildman–Crippen LogP) is 0.357. The number of aromatic nitrogens is 2. The lowest BCUT2D eigenvalue weighted by atomic mass is 10.3. The molecule has 1 unspecified atom stereocenters. The topological polar surface area (TPSA) is 136 Å². The molecule has 0 saturated carbocycles. The monoisotopic (exact) mass is 298 g/mol. The zero-order chi connectivity index (χ0) is 15.1. The van der Waals surface area contributed by atoms with Crippen LogP contribution in [0.5, 0.6) is 0 Å². The van der Waals surface area contributed by atoms with Gasteiger partial charge in [-0.3, -0.25) is 10.1 Å². The maximum Gasteiger partial charge on any atom is 0.321 e. The Morgan fingerprint density at radius 1 is 1.35 bits per heavy atom. The number of nitrogens with two attached hydrogens (primary N) is 2. The lowest BCUT2D eigenvalue weighted by Crippen LogP contribution is -2.43. The first-order chi connectivity index (χ1) is 9.40. The molecule has 20 heavy (non-hydrogen) atoms. The van der Waals surface area contributed by atoms with Crippen LogP contribution in [-0.4, -0.2) is 33.7 Å². The van der Waals surface area contributed by atoms with Crippen molar-refractivity contribution in [2.75, 3.05) is 17.2 Å². The molecule has 6 N–H and O–H groups in total. The van der Waals surface area contributed by atoms with Crippen molar-refractivity contribution in [3.63, 3.8) is 0 Å². The van der Waals surface area contributed by atoms with Crippen LogP contribution in [0.25, 0.3) is 0 Å². The first kappa shape index (κ1) is 16.0. The molecule has 1 aromatic heterocycles. The minimum atomic E-state index is -0.516. The summed E-state index contributed by atoms with van der Waals surface area (Å²) in [5.41, 5.74) is 11.0. The number of imide groups is 1. The number of thioether (sulfide) groups is 1. The summed E-state index contributed by atoms with van der Waals surface area (Å²) in [6, 6.07) is 0.912. The number of hydrogen-bond donors (Lipinski definition) is 4. The molecule has 0 saturated heterocycles. The smallest absolute Gasteiger partial charge is 0.321 e. The second-order valence-corrected chi connectivity index (χ2v) is 5.06. The summed E-state index contributed by atoms with van der Waals surface area (Å²) < 4.78 is 0. The molecule has 1 heterocycles. The maximum absolute atomic E-state index is 11.6. The number of nitrogens with zero attached hydrogens (tertiary/aromatic N) is 2. The molecule has 3 amide bonds. The van der Waals surface area contributed by atoms with Crippen molar-refractivity contribution in [2.45, 2.75) is 31.5 Å². The van der Waals surface area contributed by atoms with Crippen molar-refractivity contribution in [3.05, 3.63) is 6.07 Å². The highest BCUT2D eigenvalue weighted by molar-refractivity contribution is 7.99. The van der Waals surface area contributed by atoms with Crippen molar-refractivity contribution < 1.29 is 9.59 Å². The van der Waals surface area contributed by atoms with E-state index in [1.54, 1.807) is 0 Å². The molecule has 0 bridgehead atoms. The first-order valence-corrected chi connectivity index (χ1v) is 7.02. The first-order valence-electron chi connectivity index (χ1n) is 6.04. The van der Waals surface area contributed by atoms with Crippen LogP contribution in [0.2, 0.25) is 0 Å². The number of anilines is 2. The van der Waals surface area contributed by atoms with Crippen LogP contribution in [0.1, 0.15) is 20.3 Å². The molecule has 0 aromatic carbocycles. The molecule has 0 spiro atoms. The minimum Gasteiger partial charge on any atom is -0.383 e. The van der Waals surface area contributed by atoms with E-state index in [0.29, 0.717) is 5.16 Å². The minimum absolute atomic E-state index is 0.00316. The normalized spacial score (nSPS) is 11.7. The molecule has 9 heteroatoms. The Morgan fingerprint density at radius 2 is 1.95 bits per heavy atom. The van der Waals surface area contributed by atoms with Crippen molar-refractivity contribution in [2.24, 2.45) is 0 Å². The van der Waals surface area contributed by atoms with Gasteiger partial charge >= 0.3 is 6.03 Å². The molecule has 0 aliphatic heterocycles. The third-order valence-electron chi connectivity index (χ3n) is 2.32. The molecule has 8 nitrogen and oxygen atoms in total. The number of carbonyl (C=O) groups is 2. The van der Waals surface area contributed by atoms with E-state index < -0.39 is 11.9 Å². The van der Waals surface area contributed by atoms with Gasteiger partial charge in [-0.1, -0.05) is 18.7 Å². The van der Waals surface area contributed by atoms with Crippen LogP contribution in [0.15, 0.2) is 11.2 Å². The van der Waals surface area contributed by atoms with Gasteiger partial charge in [0, 0.05) is 12.1 Å². The Bertz CT molecular complexity index is 476. The lowest BCUT2D eigenvalue weighted by Gasteiger charge is -2.11. The van der Waals surface area contributed by atoms with Gasteiger partial charge in [0.15, 0.2) is 5.16 Å². The predicted molar refractivity (Wildman–Crippen MR) is 78.0 cm³/mol. The second kappa shape index (κ2) is 7.53. The van der Waals surface area contributed by atoms with Gasteiger partial charge in [0.25, 0.3) is 0 Å². The lowest BCUT2D eigenvalue weighted by molar-refractivity contribution is -0.117. The fraction of sp³-hybridized carbons (Fsp3) is 0.455. The van der Waals surface area contributed by atoms with E-state index in [4.69, 9.17) is 11.5 Å². The number of nitrogens with one attached hydrogen (secondary N) is 2. The molecule has 1 aromatic rings. The second-order valence-electron chi connectivity index (χ2n) is 4.12. The van der Waals surface area contributed by atoms with Gasteiger partial charge in [0.1, 0.15) is 11.6 Å². The molecule has 0 aliphatic rings. The maximum atomic E-state index is 11.6. The van der Waals surface area contributed by atoms with Gasteiger partial charge in [-0.15, -0.1) is 0 Å². The molecule has 1 rings (SSSR count). The Kier molecular flexibility index (Phi) is 6.04. The highest BCUT2D eigenvalue weighted by Crippen LogP contribution is 2.15. The van der Waals surface area contributed by atoms with E-state index in [0.717, 1.165) is 18.2 Å². The average molecular weight is 298 g/mol. The molecule has 1 atom stereocenters. The van der Waals surface area contributed by atoms with Gasteiger partial charge in [-0.2, -0.15) is 0 Å². The third-order valence-corrected chi connectivity index (χ3v) is 3.17. The van der Waals surface area contributed by atoms with Crippen LogP contribution in [0.4, 0.5) is 16.4 Å². The van der Waals surface area contributed by atoms with Crippen molar-refractivity contribution in [3.8, 4) is 0 Å². The number of hydrogen-bond acceptors (Lipinski definition) is 7. The Hall–Kier alpha value is -2.03. The molecule has 0 radical (unpaired) electrons. The van der Waals surface area contributed by atoms with Gasteiger partial charge in [0.2, 0.25) is 5.91 Å². The van der Waals surface area contributed by atoms with E-state index >= 15 is 0 Å². The van der Waals surface area contributed by atoms with Crippen molar-refractivity contribution in [1.82, 2.24) is 20.6 Å². The van der Waals surface area contributed by atoms with E-state index in [2.05, 4.69) is 20.6 Å². The fourth-order valence-corrected chi connectivity index (χ4v) is 1.85. The Balaban J connectivity index is 2.41. The summed E-state index contributed by atoms with van der Waals surface area (Å²) in [7, 11) is 0. The van der Waals surface area contributed by atoms with Gasteiger partial charge in [0.05, 0.1) is 5.75 Å². The number of carbonyl (C=O) groups excluding carboxylic acids is 2. The quantitative estimate of drug-likeness (QED) is 0.455. The average Bonchev–Trinajstić information content (AvgIpc) is 2.34. The fourth-order valence-electron chi connectivity index (χ4n) is 1.18. The van der Waals surface area contributed by atoms with E-state index in [9.17, 15) is 9.59 Å². The molecule has 0 aliphatic carbocycles. The van der Waals surface area contributed by atoms with Gasteiger partial charge in [-0.25, -0.2) is 14.8 Å². The highest BCUT2D eigenvalue weighted by Gasteiger charge is 2.11. The van der Waals surface area contributed by atoms with Crippen molar-refractivity contribution >= 4 is 35.3 Å². The van der Waals surface area contributed by atoms with Crippen LogP contribution in [0, 0.1) is 0 Å². The summed E-state index contributed by atoms with van der Waals surface area (Å²) in [6.45, 7) is 3.78. The SMILES string of the molecule is CCC(C)NC(=O)NC(=O)CSc1nc(N)cc(N)n1. The highest BCUT2D eigenvalue weighted by atomic mass is 32.2. The van der Waals surface area contributed by atoms with Crippen molar-refractivity contribution in [1.29, 1.82) is 0 Å². The molecule has 0 fully saturated rings. The Morgan fingerprint density at radius 3 is 2.50 bits per heavy atom. The van der Waals surface area contributed by atoms with Gasteiger partial charge in [-0.05, 0) is 13.3 Å². The zero-order valence-electron chi connectivity index (χ0n) is 11.3. The Labute approximate surface area is 121 Å². The van der Waals surface area contributed by atoms with Crippen LogP contribution < -0.4 is 22.1 Å². The zero-order valence-corrected chi connectivity index (χ0v) is 12.2. The van der Waals surface area contributed by atoms with Gasteiger partial charge < -0.3 is 16.8 Å². The molecular formula is C11H18N6O2S. The summed E-state index contributed by atoms with van der Waals surface area (Å²) in [6.07, 6.45) is 0.784. The largest absolute Gasteiger partial charge is 0.383 e. The summed E-state index contributed by atoms with van der Waals surface area (Å²) >= 11 is 1.05. The third kappa shape index (κ3) is 5.74. The summed E-state index contributed by atoms with van der Waals surface area (Å²) in [4.78, 5) is 30.8. The van der Waals surface area contributed by atoms with E-state index in [-0.39, 0.29) is 23.4 Å². The van der Waals surface area contributed by atoms with Crippen LogP contribution >= 0.6 is 11.8 Å². The van der Waals surface area contributed by atoms with E-state index in [1.807, 2.05) is 13.8 Å². The number of rotatable bonds is 5. The summed E-state index contributed by atoms with van der Waals surface area (Å²) in [5.74, 6) is 0.0156. The number of urea groups is 1. The standard InChI is InChI=1S/C11H18N6O2S/c1-3-6(2)14-10(19)17-9(18)5-20-11-15-7(12)4-8(13)16-11/h4,6H,3,5H2,1-2H3,(H4,12,13,15,16)(H2,14,17,18,19). The van der Waals surface area contributed by atoms with Crippen LogP contribution in [0.3, 0.4) is 0 Å². The number of nitrogen functional groups attached to an aromatic ring is 2. The summed E-state index contributed by atoms with van der Waals surface area (Å²) in [5, 5.41) is 5.13. The molecular weight excluding hydrogens is 280 g/mol. The van der Waals surface area contributed by atoms with Crippen LogP contribution in [-0.2, 0) is 4.79 Å². The molecule has 110 valence electrons.